The first-order valence-electron chi connectivity index (χ1n) is 5.00. The van der Waals surface area contributed by atoms with E-state index in [0.29, 0.717) is 0 Å². The SMILES string of the molecule is CCc1ccc(-c2ccc(Br)cc2)cn1. The van der Waals surface area contributed by atoms with Crippen LogP contribution >= 0.6 is 15.9 Å². The highest BCUT2D eigenvalue weighted by Gasteiger charge is 1.97. The van der Waals surface area contributed by atoms with Gasteiger partial charge in [-0.2, -0.15) is 0 Å². The van der Waals surface area contributed by atoms with Gasteiger partial charge in [-0.05, 0) is 30.2 Å². The monoisotopic (exact) mass is 261 g/mol. The maximum absolute atomic E-state index is 4.38. The van der Waals surface area contributed by atoms with Gasteiger partial charge in [0.25, 0.3) is 0 Å². The van der Waals surface area contributed by atoms with E-state index in [-0.39, 0.29) is 0 Å². The summed E-state index contributed by atoms with van der Waals surface area (Å²) in [6.45, 7) is 2.11. The van der Waals surface area contributed by atoms with E-state index in [1.165, 1.54) is 11.1 Å². The largest absolute Gasteiger partial charge is 0.261 e. The minimum absolute atomic E-state index is 0.987. The average Bonchev–Trinajstić information content (AvgIpc) is 2.30. The predicted octanol–water partition coefficient (Wildman–Crippen LogP) is 4.07. The summed E-state index contributed by atoms with van der Waals surface area (Å²) in [6, 6.07) is 12.5. The van der Waals surface area contributed by atoms with Crippen LogP contribution in [0.5, 0.6) is 0 Å². The van der Waals surface area contributed by atoms with Gasteiger partial charge in [0, 0.05) is 21.9 Å². The molecular weight excluding hydrogens is 250 g/mol. The van der Waals surface area contributed by atoms with Crippen molar-refractivity contribution in [1.82, 2.24) is 4.98 Å². The normalized spacial score (nSPS) is 10.3. The molecule has 0 bridgehead atoms. The molecule has 0 spiro atoms. The summed E-state index contributed by atoms with van der Waals surface area (Å²) in [5, 5.41) is 0. The molecule has 76 valence electrons. The van der Waals surface area contributed by atoms with E-state index in [0.717, 1.165) is 16.6 Å². The number of hydrogen-bond acceptors (Lipinski definition) is 1. The van der Waals surface area contributed by atoms with Crippen molar-refractivity contribution in [3.8, 4) is 11.1 Å². The van der Waals surface area contributed by atoms with E-state index in [4.69, 9.17) is 0 Å². The molecule has 0 radical (unpaired) electrons. The zero-order valence-electron chi connectivity index (χ0n) is 8.57. The minimum Gasteiger partial charge on any atom is -0.261 e. The van der Waals surface area contributed by atoms with Crippen LogP contribution in [0, 0.1) is 0 Å². The number of hydrogen-bond donors (Lipinski definition) is 0. The first-order valence-corrected chi connectivity index (χ1v) is 5.80. The Hall–Kier alpha value is -1.15. The van der Waals surface area contributed by atoms with Gasteiger partial charge < -0.3 is 0 Å². The zero-order chi connectivity index (χ0) is 10.7. The fourth-order valence-electron chi connectivity index (χ4n) is 1.45. The minimum atomic E-state index is 0.987. The van der Waals surface area contributed by atoms with Crippen LogP contribution in [0.15, 0.2) is 47.1 Å². The first kappa shape index (κ1) is 10.4. The van der Waals surface area contributed by atoms with E-state index in [1.54, 1.807) is 0 Å². The summed E-state index contributed by atoms with van der Waals surface area (Å²) in [5.74, 6) is 0. The molecule has 1 heterocycles. The fourth-order valence-corrected chi connectivity index (χ4v) is 1.71. The quantitative estimate of drug-likeness (QED) is 0.794. The lowest BCUT2D eigenvalue weighted by Crippen LogP contribution is -1.86. The van der Waals surface area contributed by atoms with Gasteiger partial charge in [-0.3, -0.25) is 4.98 Å². The number of rotatable bonds is 2. The summed E-state index contributed by atoms with van der Waals surface area (Å²) in [6.07, 6.45) is 2.92. The summed E-state index contributed by atoms with van der Waals surface area (Å²) in [4.78, 5) is 4.38. The Labute approximate surface area is 98.3 Å². The summed E-state index contributed by atoms with van der Waals surface area (Å²) >= 11 is 3.43. The molecule has 2 heteroatoms. The van der Waals surface area contributed by atoms with Crippen LogP contribution in [-0.4, -0.2) is 4.98 Å². The number of halogens is 1. The maximum Gasteiger partial charge on any atom is 0.0401 e. The van der Waals surface area contributed by atoms with Crippen molar-refractivity contribution in [1.29, 1.82) is 0 Å². The molecule has 0 N–H and O–H groups in total. The van der Waals surface area contributed by atoms with Gasteiger partial charge in [0.05, 0.1) is 0 Å². The molecule has 0 fully saturated rings. The van der Waals surface area contributed by atoms with Crippen molar-refractivity contribution in [3.63, 3.8) is 0 Å². The molecule has 15 heavy (non-hydrogen) atoms. The second-order valence-electron chi connectivity index (χ2n) is 3.40. The lowest BCUT2D eigenvalue weighted by Gasteiger charge is -2.02. The molecule has 2 rings (SSSR count). The highest BCUT2D eigenvalue weighted by atomic mass is 79.9. The molecular formula is C13H12BrN. The van der Waals surface area contributed by atoms with Crippen LogP contribution in [0.4, 0.5) is 0 Å². The van der Waals surface area contributed by atoms with Crippen molar-refractivity contribution in [3.05, 3.63) is 52.8 Å². The van der Waals surface area contributed by atoms with Crippen LogP contribution in [0.25, 0.3) is 11.1 Å². The molecule has 0 aliphatic heterocycles. The molecule has 0 saturated heterocycles. The molecule has 0 saturated carbocycles. The van der Waals surface area contributed by atoms with E-state index in [2.05, 4.69) is 52.1 Å². The number of nitrogens with zero attached hydrogens (tertiary/aromatic N) is 1. The highest BCUT2D eigenvalue weighted by Crippen LogP contribution is 2.20. The molecule has 0 atom stereocenters. The first-order chi connectivity index (χ1) is 7.29. The van der Waals surface area contributed by atoms with Crippen molar-refractivity contribution in [2.45, 2.75) is 13.3 Å². The Morgan fingerprint density at radius 1 is 1.00 bits per heavy atom. The lowest BCUT2D eigenvalue weighted by atomic mass is 10.1. The lowest BCUT2D eigenvalue weighted by molar-refractivity contribution is 1.04. The van der Waals surface area contributed by atoms with E-state index < -0.39 is 0 Å². The van der Waals surface area contributed by atoms with Crippen molar-refractivity contribution in [2.75, 3.05) is 0 Å². The van der Waals surface area contributed by atoms with Crippen molar-refractivity contribution < 1.29 is 0 Å². The van der Waals surface area contributed by atoms with Crippen molar-refractivity contribution in [2.24, 2.45) is 0 Å². The predicted molar refractivity (Wildman–Crippen MR) is 66.8 cm³/mol. The summed E-state index contributed by atoms with van der Waals surface area (Å²) in [5.41, 5.74) is 3.50. The molecule has 0 unspecified atom stereocenters. The van der Waals surface area contributed by atoms with Gasteiger partial charge in [-0.25, -0.2) is 0 Å². The van der Waals surface area contributed by atoms with Crippen LogP contribution in [0.1, 0.15) is 12.6 Å². The molecule has 1 nitrogen and oxygen atoms in total. The van der Waals surface area contributed by atoms with Crippen LogP contribution < -0.4 is 0 Å². The van der Waals surface area contributed by atoms with Gasteiger partial charge in [-0.1, -0.05) is 41.1 Å². The van der Waals surface area contributed by atoms with Crippen LogP contribution in [0.3, 0.4) is 0 Å². The second kappa shape index (κ2) is 4.58. The number of aryl methyl sites for hydroxylation is 1. The van der Waals surface area contributed by atoms with E-state index in [9.17, 15) is 0 Å². The molecule has 0 amide bonds. The van der Waals surface area contributed by atoms with Gasteiger partial charge >= 0.3 is 0 Å². The molecule has 2 aromatic rings. The zero-order valence-corrected chi connectivity index (χ0v) is 10.2. The smallest absolute Gasteiger partial charge is 0.0401 e. The second-order valence-corrected chi connectivity index (χ2v) is 4.31. The standard InChI is InChI=1S/C13H12BrN/c1-2-13-8-5-11(9-15-13)10-3-6-12(14)7-4-10/h3-9H,2H2,1H3. The Morgan fingerprint density at radius 2 is 1.67 bits per heavy atom. The topological polar surface area (TPSA) is 12.9 Å². The molecule has 1 aromatic heterocycles. The number of pyridine rings is 1. The third-order valence-corrected chi connectivity index (χ3v) is 2.89. The Kier molecular flexibility index (Phi) is 3.17. The number of benzene rings is 1. The summed E-state index contributed by atoms with van der Waals surface area (Å²) in [7, 11) is 0. The van der Waals surface area contributed by atoms with Gasteiger partial charge in [0.15, 0.2) is 0 Å². The van der Waals surface area contributed by atoms with Gasteiger partial charge in [0.1, 0.15) is 0 Å². The fraction of sp³-hybridized carbons (Fsp3) is 0.154. The Morgan fingerprint density at radius 3 is 2.20 bits per heavy atom. The number of aromatic nitrogens is 1. The third kappa shape index (κ3) is 2.45. The van der Waals surface area contributed by atoms with Crippen LogP contribution in [0.2, 0.25) is 0 Å². The average molecular weight is 262 g/mol. The summed E-state index contributed by atoms with van der Waals surface area (Å²) < 4.78 is 1.10. The third-order valence-electron chi connectivity index (χ3n) is 2.36. The van der Waals surface area contributed by atoms with Gasteiger partial charge in [0.2, 0.25) is 0 Å². The van der Waals surface area contributed by atoms with E-state index in [1.807, 2.05) is 18.3 Å². The van der Waals surface area contributed by atoms with E-state index >= 15 is 0 Å². The van der Waals surface area contributed by atoms with Crippen LogP contribution in [-0.2, 0) is 6.42 Å². The molecule has 0 aliphatic carbocycles. The maximum atomic E-state index is 4.38. The Balaban J connectivity index is 2.33. The molecule has 0 aliphatic rings. The van der Waals surface area contributed by atoms with Crippen molar-refractivity contribution >= 4 is 15.9 Å². The van der Waals surface area contributed by atoms with Gasteiger partial charge in [-0.15, -0.1) is 0 Å². The highest BCUT2D eigenvalue weighted by molar-refractivity contribution is 9.10. The molecule has 1 aromatic carbocycles. The Bertz CT molecular complexity index is 431.